The molecule has 0 amide bonds. The number of hydrogen-bond acceptors (Lipinski definition) is 4. The fraction of sp³-hybridized carbons (Fsp3) is 0.600. The van der Waals surface area contributed by atoms with Crippen LogP contribution in [0.3, 0.4) is 0 Å². The molecule has 2 rings (SSSR count). The summed E-state index contributed by atoms with van der Waals surface area (Å²) >= 11 is 1.88. The number of hydrogen-bond donors (Lipinski definition) is 2. The number of aliphatic hydroxyl groups excluding tert-OH is 1. The minimum atomic E-state index is 0.107. The van der Waals surface area contributed by atoms with Gasteiger partial charge in [-0.05, 0) is 35.3 Å². The predicted octanol–water partition coefficient (Wildman–Crippen LogP) is 2.99. The molecule has 5 heteroatoms. The number of nitrogens with one attached hydrogen (secondary N) is 1. The first kappa shape index (κ1) is 15.3. The molecule has 0 aliphatic carbocycles. The molecule has 1 atom stereocenters. The largest absolute Gasteiger partial charge is 0.396 e. The first-order chi connectivity index (χ1) is 9.61. The molecule has 0 radical (unpaired) electrons. The van der Waals surface area contributed by atoms with Crippen LogP contribution in [0.15, 0.2) is 11.2 Å². The maximum atomic E-state index is 11.7. The molecular formula is C15H22N2O2S. The van der Waals surface area contributed by atoms with Gasteiger partial charge in [0, 0.05) is 25.4 Å². The summed E-state index contributed by atoms with van der Waals surface area (Å²) in [5, 5.41) is 10.0. The molecule has 2 N–H and O–H groups in total. The Morgan fingerprint density at radius 1 is 1.50 bits per heavy atom. The van der Waals surface area contributed by atoms with Gasteiger partial charge in [0.1, 0.15) is 5.69 Å². The highest BCUT2D eigenvalue weighted by atomic mass is 32.2. The van der Waals surface area contributed by atoms with Gasteiger partial charge in [-0.3, -0.25) is 9.79 Å². The number of carbonyl (C=O) groups excluding carboxylic acids is 1. The Labute approximate surface area is 124 Å². The van der Waals surface area contributed by atoms with E-state index in [4.69, 9.17) is 0 Å². The number of carbonyl (C=O) groups is 1. The van der Waals surface area contributed by atoms with Crippen molar-refractivity contribution in [2.75, 3.05) is 12.4 Å². The van der Waals surface area contributed by atoms with E-state index in [0.717, 1.165) is 29.8 Å². The van der Waals surface area contributed by atoms with Gasteiger partial charge in [0.15, 0.2) is 5.78 Å². The van der Waals surface area contributed by atoms with Crippen molar-refractivity contribution in [2.45, 2.75) is 38.4 Å². The highest BCUT2D eigenvalue weighted by Crippen LogP contribution is 2.30. The second-order valence-corrected chi connectivity index (χ2v) is 7.06. The number of aliphatic hydroxyl groups is 1. The van der Waals surface area contributed by atoms with Crippen LogP contribution in [0.4, 0.5) is 5.69 Å². The van der Waals surface area contributed by atoms with Gasteiger partial charge in [-0.15, -0.1) is 0 Å². The Morgan fingerprint density at radius 3 is 3.00 bits per heavy atom. The second kappa shape index (κ2) is 7.09. The Balaban J connectivity index is 1.94. The van der Waals surface area contributed by atoms with Crippen LogP contribution in [-0.4, -0.2) is 39.7 Å². The van der Waals surface area contributed by atoms with Crippen molar-refractivity contribution in [1.82, 2.24) is 4.98 Å². The highest BCUT2D eigenvalue weighted by molar-refractivity contribution is 7.99. The number of aryl methyl sites for hydroxylation is 1. The lowest BCUT2D eigenvalue weighted by molar-refractivity contribution is 0.0997. The van der Waals surface area contributed by atoms with Crippen molar-refractivity contribution in [2.24, 2.45) is 10.9 Å². The van der Waals surface area contributed by atoms with Crippen molar-refractivity contribution in [3.05, 3.63) is 17.5 Å². The molecule has 0 saturated heterocycles. The van der Waals surface area contributed by atoms with E-state index >= 15 is 0 Å². The van der Waals surface area contributed by atoms with E-state index in [1.54, 1.807) is 6.21 Å². The van der Waals surface area contributed by atoms with Crippen molar-refractivity contribution < 1.29 is 9.90 Å². The van der Waals surface area contributed by atoms with Crippen LogP contribution in [0.25, 0.3) is 0 Å². The lowest BCUT2D eigenvalue weighted by Gasteiger charge is -2.15. The zero-order chi connectivity index (χ0) is 14.5. The Morgan fingerprint density at radius 2 is 2.30 bits per heavy atom. The third-order valence-corrected chi connectivity index (χ3v) is 4.78. The molecule has 0 fully saturated rings. The average Bonchev–Trinajstić information content (AvgIpc) is 2.83. The quantitative estimate of drug-likeness (QED) is 0.812. The van der Waals surface area contributed by atoms with Crippen molar-refractivity contribution in [3.8, 4) is 0 Å². The van der Waals surface area contributed by atoms with E-state index in [-0.39, 0.29) is 12.4 Å². The van der Waals surface area contributed by atoms with Gasteiger partial charge in [-0.2, -0.15) is 11.8 Å². The molecule has 0 spiro atoms. The van der Waals surface area contributed by atoms with Crippen molar-refractivity contribution >= 4 is 29.4 Å². The number of aromatic nitrogens is 1. The van der Waals surface area contributed by atoms with Crippen molar-refractivity contribution in [3.63, 3.8) is 0 Å². The third kappa shape index (κ3) is 3.73. The molecule has 2 heterocycles. The number of thioether (sulfide) groups is 1. The molecule has 0 saturated carbocycles. The normalized spacial score (nSPS) is 15.7. The Bertz CT molecular complexity index is 494. The third-order valence-electron chi connectivity index (χ3n) is 3.45. The van der Waals surface area contributed by atoms with Crippen LogP contribution in [0.1, 0.15) is 42.7 Å². The van der Waals surface area contributed by atoms with Crippen LogP contribution in [-0.2, 0) is 6.42 Å². The summed E-state index contributed by atoms with van der Waals surface area (Å²) in [6.45, 7) is 4.55. The van der Waals surface area contributed by atoms with Gasteiger partial charge in [0.25, 0.3) is 0 Å². The highest BCUT2D eigenvalue weighted by Gasteiger charge is 2.20. The summed E-state index contributed by atoms with van der Waals surface area (Å²) < 4.78 is 0. The van der Waals surface area contributed by atoms with Crippen LogP contribution in [0.2, 0.25) is 0 Å². The Hall–Kier alpha value is -1.07. The summed E-state index contributed by atoms with van der Waals surface area (Å²) in [6.07, 6.45) is 5.72. The number of H-pyrrole nitrogens is 1. The first-order valence-electron chi connectivity index (χ1n) is 7.10. The molecule has 0 aromatic carbocycles. The molecule has 20 heavy (non-hydrogen) atoms. The van der Waals surface area contributed by atoms with Gasteiger partial charge in [0.05, 0.1) is 5.69 Å². The molecule has 1 aliphatic rings. The van der Waals surface area contributed by atoms with Crippen molar-refractivity contribution in [1.29, 1.82) is 0 Å². The van der Waals surface area contributed by atoms with Gasteiger partial charge in [-0.25, -0.2) is 0 Å². The fourth-order valence-electron chi connectivity index (χ4n) is 2.24. The summed E-state index contributed by atoms with van der Waals surface area (Å²) in [7, 11) is 0. The number of Topliss-reactive ketones (excluding diaryl/α,β-unsaturated/α-hetero) is 1. The van der Waals surface area contributed by atoms with E-state index in [2.05, 4.69) is 23.8 Å². The van der Waals surface area contributed by atoms with Gasteiger partial charge in [-0.1, -0.05) is 13.8 Å². The molecule has 0 bridgehead atoms. The monoisotopic (exact) mass is 294 g/mol. The minimum absolute atomic E-state index is 0.107. The summed E-state index contributed by atoms with van der Waals surface area (Å²) in [5.74, 6) is 1.38. The second-order valence-electron chi connectivity index (χ2n) is 5.45. The minimum Gasteiger partial charge on any atom is -0.396 e. The summed E-state index contributed by atoms with van der Waals surface area (Å²) in [5.41, 5.74) is 2.52. The lowest BCUT2D eigenvalue weighted by atomic mass is 10.0. The van der Waals surface area contributed by atoms with Crippen LogP contribution >= 0.6 is 11.8 Å². The van der Waals surface area contributed by atoms with Crippen LogP contribution in [0.5, 0.6) is 0 Å². The number of fused-ring (bicyclic) bond motifs is 1. The Kier molecular flexibility index (Phi) is 5.43. The van der Waals surface area contributed by atoms with E-state index in [9.17, 15) is 9.90 Å². The maximum Gasteiger partial charge on any atom is 0.186 e. The van der Waals surface area contributed by atoms with Gasteiger partial charge in [0.2, 0.25) is 0 Å². The zero-order valence-corrected chi connectivity index (χ0v) is 12.9. The summed E-state index contributed by atoms with van der Waals surface area (Å²) in [4.78, 5) is 19.1. The van der Waals surface area contributed by atoms with Crippen LogP contribution in [0, 0.1) is 5.92 Å². The van der Waals surface area contributed by atoms with Gasteiger partial charge >= 0.3 is 0 Å². The smallest absolute Gasteiger partial charge is 0.186 e. The van der Waals surface area contributed by atoms with Gasteiger partial charge < -0.3 is 10.1 Å². The number of aromatic amines is 1. The number of aliphatic imine (C=N–C) groups is 1. The summed E-state index contributed by atoms with van der Waals surface area (Å²) in [6, 6.07) is 0. The first-order valence-corrected chi connectivity index (χ1v) is 8.15. The van der Waals surface area contributed by atoms with E-state index in [0.29, 0.717) is 23.3 Å². The number of nitrogens with zero attached hydrogens (tertiary/aromatic N) is 1. The molecular weight excluding hydrogens is 272 g/mol. The molecule has 1 aromatic heterocycles. The van der Waals surface area contributed by atoms with Crippen LogP contribution < -0.4 is 0 Å². The number of rotatable bonds is 7. The molecule has 1 aliphatic heterocycles. The number of ketones is 1. The standard InChI is InChI=1S/C15H22N2O2S/c1-10(2)20-9-11(8-18)3-4-12-7-17-15-13(19)5-6-16-14(12)15/h6-7,10-11,17-18H,3-5,8-9H2,1-2H3/t11-/m0/s1. The lowest BCUT2D eigenvalue weighted by Crippen LogP contribution is -2.12. The average molecular weight is 294 g/mol. The SMILES string of the molecule is CC(C)SC[C@H](CO)CCc1c[nH]c2c1N=CCC2=O. The fourth-order valence-corrected chi connectivity index (χ4v) is 3.17. The molecule has 1 aromatic rings. The molecule has 4 nitrogen and oxygen atoms in total. The maximum absolute atomic E-state index is 11.7. The predicted molar refractivity (Wildman–Crippen MR) is 84.4 cm³/mol. The zero-order valence-electron chi connectivity index (χ0n) is 12.1. The van der Waals surface area contributed by atoms with E-state index in [1.165, 1.54) is 0 Å². The van der Waals surface area contributed by atoms with E-state index < -0.39 is 0 Å². The van der Waals surface area contributed by atoms with E-state index in [1.807, 2.05) is 18.0 Å². The molecule has 0 unspecified atom stereocenters. The molecule has 110 valence electrons. The topological polar surface area (TPSA) is 65.4 Å².